The van der Waals surface area contributed by atoms with Crippen molar-refractivity contribution in [3.8, 4) is 5.75 Å². The van der Waals surface area contributed by atoms with Crippen molar-refractivity contribution in [2.45, 2.75) is 11.3 Å². The normalized spacial score (nSPS) is 21.8. The fourth-order valence-corrected chi connectivity index (χ4v) is 5.12. The van der Waals surface area contributed by atoms with Gasteiger partial charge in [0.1, 0.15) is 5.75 Å². The summed E-state index contributed by atoms with van der Waals surface area (Å²) in [6.45, 7) is 0.138. The average Bonchev–Trinajstić information content (AvgIpc) is 2.76. The average molecular weight is 319 g/mol. The first-order chi connectivity index (χ1) is 9.32. The Morgan fingerprint density at radius 2 is 2.15 bits per heavy atom. The minimum atomic E-state index is -3.64. The minimum absolute atomic E-state index is 0.0492. The summed E-state index contributed by atoms with van der Waals surface area (Å²) in [7, 11) is -5.17. The van der Waals surface area contributed by atoms with Crippen LogP contribution in [0.15, 0.2) is 29.2 Å². The lowest BCUT2D eigenvalue weighted by molar-refractivity contribution is 0.413. The van der Waals surface area contributed by atoms with Crippen LogP contribution in [0.3, 0.4) is 0 Å². The fourth-order valence-electron chi connectivity index (χ4n) is 2.11. The van der Waals surface area contributed by atoms with Crippen LogP contribution in [0.25, 0.3) is 0 Å². The van der Waals surface area contributed by atoms with Crippen molar-refractivity contribution in [3.63, 3.8) is 0 Å². The highest BCUT2D eigenvalue weighted by Crippen LogP contribution is 2.20. The molecule has 0 amide bonds. The van der Waals surface area contributed by atoms with Gasteiger partial charge < -0.3 is 4.74 Å². The van der Waals surface area contributed by atoms with E-state index in [1.165, 1.54) is 19.2 Å². The molecule has 2 rings (SSSR count). The van der Waals surface area contributed by atoms with Gasteiger partial charge >= 0.3 is 0 Å². The maximum atomic E-state index is 12.1. The van der Waals surface area contributed by atoms with Gasteiger partial charge in [0.25, 0.3) is 0 Å². The third-order valence-corrected chi connectivity index (χ3v) is 6.50. The van der Waals surface area contributed by atoms with Crippen molar-refractivity contribution < 1.29 is 21.6 Å². The van der Waals surface area contributed by atoms with Gasteiger partial charge in [-0.3, -0.25) is 0 Å². The second kappa shape index (κ2) is 5.71. The molecule has 6 nitrogen and oxygen atoms in total. The predicted octanol–water partition coefficient (Wildman–Crippen LogP) is 0.408. The lowest BCUT2D eigenvalue weighted by atomic mass is 10.1. The summed E-state index contributed by atoms with van der Waals surface area (Å²) < 4.78 is 54.3. The van der Waals surface area contributed by atoms with Gasteiger partial charge in [0.05, 0.1) is 23.5 Å². The number of sulfone groups is 1. The molecule has 1 aromatic rings. The molecule has 0 spiro atoms. The number of hydrogen-bond acceptors (Lipinski definition) is 5. The number of sulfonamides is 1. The number of rotatable bonds is 5. The Kier molecular flexibility index (Phi) is 4.36. The van der Waals surface area contributed by atoms with Crippen molar-refractivity contribution >= 4 is 19.9 Å². The van der Waals surface area contributed by atoms with Crippen molar-refractivity contribution in [2.75, 3.05) is 25.2 Å². The Morgan fingerprint density at radius 1 is 1.40 bits per heavy atom. The zero-order chi connectivity index (χ0) is 14.8. The summed E-state index contributed by atoms with van der Waals surface area (Å²) in [4.78, 5) is 0.109. The summed E-state index contributed by atoms with van der Waals surface area (Å²) in [5.41, 5.74) is 0. The van der Waals surface area contributed by atoms with E-state index < -0.39 is 19.9 Å². The number of benzene rings is 1. The van der Waals surface area contributed by atoms with E-state index in [4.69, 9.17) is 4.74 Å². The van der Waals surface area contributed by atoms with E-state index in [1.807, 2.05) is 0 Å². The molecule has 20 heavy (non-hydrogen) atoms. The maximum Gasteiger partial charge on any atom is 0.240 e. The first-order valence-electron chi connectivity index (χ1n) is 6.16. The van der Waals surface area contributed by atoms with Crippen LogP contribution in [-0.2, 0) is 19.9 Å². The highest BCUT2D eigenvalue weighted by atomic mass is 32.2. The molecular weight excluding hydrogens is 302 g/mol. The highest BCUT2D eigenvalue weighted by Gasteiger charge is 2.29. The van der Waals surface area contributed by atoms with Crippen molar-refractivity contribution in [1.29, 1.82) is 0 Å². The number of methoxy groups -OCH3 is 1. The molecule has 1 N–H and O–H groups in total. The monoisotopic (exact) mass is 319 g/mol. The zero-order valence-electron chi connectivity index (χ0n) is 11.1. The summed E-state index contributed by atoms with van der Waals surface area (Å²) >= 11 is 0. The SMILES string of the molecule is COc1cccc(S(=O)(=O)NC[C@@H]2CCS(=O)(=O)C2)c1. The molecular formula is C12H17NO5S2. The Hall–Kier alpha value is -1.12. The largest absolute Gasteiger partial charge is 0.497 e. The van der Waals surface area contributed by atoms with Gasteiger partial charge in [-0.25, -0.2) is 21.6 Å². The van der Waals surface area contributed by atoms with E-state index in [0.717, 1.165) is 0 Å². The standard InChI is InChI=1S/C12H17NO5S2/c1-18-11-3-2-4-12(7-11)20(16,17)13-8-10-5-6-19(14,15)9-10/h2-4,7,10,13H,5-6,8-9H2,1H3/t10-/m0/s1. The molecule has 0 radical (unpaired) electrons. The van der Waals surface area contributed by atoms with E-state index >= 15 is 0 Å². The molecule has 1 saturated heterocycles. The molecule has 8 heteroatoms. The van der Waals surface area contributed by atoms with E-state index in [2.05, 4.69) is 4.72 Å². The van der Waals surface area contributed by atoms with E-state index in [-0.39, 0.29) is 28.9 Å². The molecule has 1 aliphatic heterocycles. The lowest BCUT2D eigenvalue weighted by Crippen LogP contribution is -2.30. The molecule has 0 saturated carbocycles. The predicted molar refractivity (Wildman–Crippen MR) is 74.9 cm³/mol. The molecule has 1 aromatic carbocycles. The van der Waals surface area contributed by atoms with Crippen LogP contribution in [-0.4, -0.2) is 42.0 Å². The van der Waals surface area contributed by atoms with Crippen molar-refractivity contribution in [2.24, 2.45) is 5.92 Å². The van der Waals surface area contributed by atoms with Gasteiger partial charge in [-0.1, -0.05) is 6.07 Å². The molecule has 1 heterocycles. The van der Waals surface area contributed by atoms with Crippen molar-refractivity contribution in [3.05, 3.63) is 24.3 Å². The maximum absolute atomic E-state index is 12.1. The van der Waals surface area contributed by atoms with E-state index in [0.29, 0.717) is 12.2 Å². The number of nitrogens with one attached hydrogen (secondary N) is 1. The topological polar surface area (TPSA) is 89.5 Å². The van der Waals surface area contributed by atoms with Gasteiger partial charge in [0.2, 0.25) is 10.0 Å². The van der Waals surface area contributed by atoms with Crippen molar-refractivity contribution in [1.82, 2.24) is 4.72 Å². The number of hydrogen-bond donors (Lipinski definition) is 1. The molecule has 0 aromatic heterocycles. The Bertz CT molecular complexity index is 682. The summed E-state index contributed by atoms with van der Waals surface area (Å²) in [5, 5.41) is 0. The second-order valence-corrected chi connectivity index (χ2v) is 8.80. The first kappa shape index (κ1) is 15.3. The van der Waals surface area contributed by atoms with Gasteiger partial charge in [0, 0.05) is 12.6 Å². The van der Waals surface area contributed by atoms with Gasteiger partial charge in [0.15, 0.2) is 9.84 Å². The third-order valence-electron chi connectivity index (χ3n) is 3.24. The van der Waals surface area contributed by atoms with Gasteiger partial charge in [-0.05, 0) is 24.5 Å². The molecule has 0 aliphatic carbocycles. The summed E-state index contributed by atoms with van der Waals surface area (Å²) in [6.07, 6.45) is 0.503. The minimum Gasteiger partial charge on any atom is -0.497 e. The Balaban J connectivity index is 2.04. The summed E-state index contributed by atoms with van der Waals surface area (Å²) in [5.74, 6) is 0.489. The smallest absolute Gasteiger partial charge is 0.240 e. The molecule has 0 unspecified atom stereocenters. The molecule has 1 aliphatic rings. The molecule has 1 atom stereocenters. The lowest BCUT2D eigenvalue weighted by Gasteiger charge is -2.11. The molecule has 0 bridgehead atoms. The molecule has 1 fully saturated rings. The van der Waals surface area contributed by atoms with Crippen LogP contribution in [0.1, 0.15) is 6.42 Å². The van der Waals surface area contributed by atoms with Crippen LogP contribution < -0.4 is 9.46 Å². The van der Waals surface area contributed by atoms with Crippen LogP contribution >= 0.6 is 0 Å². The third kappa shape index (κ3) is 3.71. The van der Waals surface area contributed by atoms with E-state index in [9.17, 15) is 16.8 Å². The summed E-state index contributed by atoms with van der Waals surface area (Å²) in [6, 6.07) is 6.14. The van der Waals surface area contributed by atoms with Gasteiger partial charge in [-0.2, -0.15) is 0 Å². The zero-order valence-corrected chi connectivity index (χ0v) is 12.7. The van der Waals surface area contributed by atoms with Crippen LogP contribution in [0.5, 0.6) is 5.75 Å². The van der Waals surface area contributed by atoms with Crippen LogP contribution in [0, 0.1) is 5.92 Å². The van der Waals surface area contributed by atoms with Gasteiger partial charge in [-0.15, -0.1) is 0 Å². The second-order valence-electron chi connectivity index (χ2n) is 4.80. The Morgan fingerprint density at radius 3 is 2.75 bits per heavy atom. The fraction of sp³-hybridized carbons (Fsp3) is 0.500. The number of ether oxygens (including phenoxy) is 1. The molecule has 112 valence electrons. The van der Waals surface area contributed by atoms with E-state index in [1.54, 1.807) is 12.1 Å². The Labute approximate surface area is 119 Å². The first-order valence-corrected chi connectivity index (χ1v) is 9.47. The van der Waals surface area contributed by atoms with Crippen LogP contribution in [0.4, 0.5) is 0 Å². The quantitative estimate of drug-likeness (QED) is 0.849. The highest BCUT2D eigenvalue weighted by molar-refractivity contribution is 7.91. The van der Waals surface area contributed by atoms with Crippen LogP contribution in [0.2, 0.25) is 0 Å².